The van der Waals surface area contributed by atoms with Gasteiger partial charge in [-0.1, -0.05) is 47.0 Å². The van der Waals surface area contributed by atoms with Gasteiger partial charge in [-0.05, 0) is 25.7 Å². The molecule has 5 nitrogen and oxygen atoms in total. The third-order valence-corrected chi connectivity index (χ3v) is 4.88. The molecule has 3 unspecified atom stereocenters. The summed E-state index contributed by atoms with van der Waals surface area (Å²) in [5.74, 6) is 0.174. The zero-order chi connectivity index (χ0) is 19.2. The first-order chi connectivity index (χ1) is 12.7. The lowest BCUT2D eigenvalue weighted by Crippen LogP contribution is -2.60. The molecule has 0 N–H and O–H groups in total. The number of rotatable bonds is 15. The quantitative estimate of drug-likeness (QED) is 0.405. The summed E-state index contributed by atoms with van der Waals surface area (Å²) in [4.78, 5) is 14.7. The molecule has 154 valence electrons. The number of carbonyl (C=O) groups excluding carboxylic acids is 1. The van der Waals surface area contributed by atoms with Crippen LogP contribution in [-0.2, 0) is 19.0 Å². The predicted molar refractivity (Wildman–Crippen MR) is 105 cm³/mol. The van der Waals surface area contributed by atoms with Gasteiger partial charge in [0.05, 0.1) is 25.2 Å². The third-order valence-electron chi connectivity index (χ3n) is 4.88. The lowest BCUT2D eigenvalue weighted by molar-refractivity contribution is -0.172. The van der Waals surface area contributed by atoms with Crippen molar-refractivity contribution in [1.82, 2.24) is 4.90 Å². The molecule has 0 spiro atoms. The number of unbranched alkanes of at least 4 members (excludes halogenated alkanes) is 3. The minimum Gasteiger partial charge on any atom is -0.379 e. The van der Waals surface area contributed by atoms with E-state index in [-0.39, 0.29) is 24.2 Å². The fourth-order valence-corrected chi connectivity index (χ4v) is 3.30. The van der Waals surface area contributed by atoms with Gasteiger partial charge in [-0.15, -0.1) is 0 Å². The normalized spacial score (nSPS) is 23.6. The summed E-state index contributed by atoms with van der Waals surface area (Å²) in [7, 11) is 0. The Morgan fingerprint density at radius 2 is 1.50 bits per heavy atom. The van der Waals surface area contributed by atoms with E-state index in [2.05, 4.69) is 27.7 Å². The molecule has 0 radical (unpaired) electrons. The average molecular weight is 372 g/mol. The Bertz CT molecular complexity index is 364. The van der Waals surface area contributed by atoms with Gasteiger partial charge in [-0.25, -0.2) is 0 Å². The van der Waals surface area contributed by atoms with Crippen molar-refractivity contribution in [1.29, 1.82) is 0 Å². The van der Waals surface area contributed by atoms with E-state index in [0.29, 0.717) is 26.2 Å². The van der Waals surface area contributed by atoms with Crippen LogP contribution in [0, 0.1) is 0 Å². The number of piperidine rings is 1. The topological polar surface area (TPSA) is 48.0 Å². The number of hydrogen-bond donors (Lipinski definition) is 0. The summed E-state index contributed by atoms with van der Waals surface area (Å²) in [6.07, 6.45) is 7.52. The number of carbonyl (C=O) groups is 1. The van der Waals surface area contributed by atoms with Crippen molar-refractivity contribution in [3.63, 3.8) is 0 Å². The minimum atomic E-state index is -0.154. The Morgan fingerprint density at radius 3 is 2.12 bits per heavy atom. The summed E-state index contributed by atoms with van der Waals surface area (Å²) in [6.45, 7) is 12.0. The molecule has 0 bridgehead atoms. The number of ether oxygens (including phenoxy) is 3. The zero-order valence-electron chi connectivity index (χ0n) is 17.5. The first-order valence-electron chi connectivity index (χ1n) is 10.8. The molecular weight excluding hydrogens is 330 g/mol. The van der Waals surface area contributed by atoms with Gasteiger partial charge in [-0.3, -0.25) is 4.79 Å². The molecule has 5 heteroatoms. The molecule has 0 saturated carbocycles. The smallest absolute Gasteiger partial charge is 0.225 e. The van der Waals surface area contributed by atoms with Gasteiger partial charge in [0, 0.05) is 26.4 Å². The van der Waals surface area contributed by atoms with Gasteiger partial charge in [-0.2, -0.15) is 0 Å². The van der Waals surface area contributed by atoms with Gasteiger partial charge in [0.1, 0.15) is 6.10 Å². The number of likely N-dealkylation sites (tertiary alicyclic amines) is 1. The molecule has 3 atom stereocenters. The van der Waals surface area contributed by atoms with Crippen LogP contribution in [0.25, 0.3) is 0 Å². The molecule has 1 aliphatic heterocycles. The molecule has 0 aromatic rings. The average Bonchev–Trinajstić information content (AvgIpc) is 2.63. The number of amides is 1. The second-order valence-electron chi connectivity index (χ2n) is 7.24. The SMILES string of the molecule is CCCCOCC1C(OCCCC)C(OCCCC)CC(=O)N1CCC. The fraction of sp³-hybridized carbons (Fsp3) is 0.952. The number of nitrogens with zero attached hydrogens (tertiary/aromatic N) is 1. The van der Waals surface area contributed by atoms with Gasteiger partial charge in [0.2, 0.25) is 5.91 Å². The summed E-state index contributed by atoms with van der Waals surface area (Å²) < 4.78 is 18.3. The van der Waals surface area contributed by atoms with E-state index in [1.54, 1.807) is 0 Å². The highest BCUT2D eigenvalue weighted by Gasteiger charge is 2.43. The fourth-order valence-electron chi connectivity index (χ4n) is 3.30. The van der Waals surface area contributed by atoms with E-state index in [4.69, 9.17) is 14.2 Å². The molecule has 1 saturated heterocycles. The molecule has 1 rings (SSSR count). The molecule has 26 heavy (non-hydrogen) atoms. The summed E-state index contributed by atoms with van der Waals surface area (Å²) in [5, 5.41) is 0. The van der Waals surface area contributed by atoms with Crippen LogP contribution in [-0.4, -0.2) is 62.0 Å². The van der Waals surface area contributed by atoms with Crippen molar-refractivity contribution < 1.29 is 19.0 Å². The Kier molecular flexibility index (Phi) is 13.0. The van der Waals surface area contributed by atoms with E-state index < -0.39 is 0 Å². The van der Waals surface area contributed by atoms with Crippen LogP contribution in [0.4, 0.5) is 0 Å². The highest BCUT2D eigenvalue weighted by Crippen LogP contribution is 2.26. The van der Waals surface area contributed by atoms with Gasteiger partial charge in [0.15, 0.2) is 0 Å². The second kappa shape index (κ2) is 14.4. The van der Waals surface area contributed by atoms with Crippen LogP contribution in [0.15, 0.2) is 0 Å². The van der Waals surface area contributed by atoms with Crippen molar-refractivity contribution in [2.24, 2.45) is 0 Å². The molecule has 0 aliphatic carbocycles. The molecular formula is C21H41NO4. The zero-order valence-corrected chi connectivity index (χ0v) is 17.5. The van der Waals surface area contributed by atoms with E-state index in [0.717, 1.165) is 58.1 Å². The Labute approximate surface area is 160 Å². The first-order valence-corrected chi connectivity index (χ1v) is 10.8. The Hall–Kier alpha value is -0.650. The van der Waals surface area contributed by atoms with Gasteiger partial charge in [0.25, 0.3) is 0 Å². The summed E-state index contributed by atoms with van der Waals surface area (Å²) in [5.41, 5.74) is 0. The minimum absolute atomic E-state index is 0.0449. The molecule has 1 amide bonds. The summed E-state index contributed by atoms with van der Waals surface area (Å²) in [6, 6.07) is -0.0449. The van der Waals surface area contributed by atoms with Crippen molar-refractivity contribution in [2.75, 3.05) is 33.0 Å². The van der Waals surface area contributed by atoms with E-state index >= 15 is 0 Å². The Morgan fingerprint density at radius 1 is 0.885 bits per heavy atom. The lowest BCUT2D eigenvalue weighted by atomic mass is 9.94. The second-order valence-corrected chi connectivity index (χ2v) is 7.24. The first kappa shape index (κ1) is 23.4. The standard InChI is InChI=1S/C21H41NO4/c1-5-9-13-24-17-18-21(26-15-11-7-3)19(25-14-10-6-2)16-20(23)22(18)12-8-4/h18-19,21H,5-17H2,1-4H3. The van der Waals surface area contributed by atoms with Crippen LogP contribution < -0.4 is 0 Å². The van der Waals surface area contributed by atoms with Crippen LogP contribution in [0.1, 0.15) is 79.1 Å². The van der Waals surface area contributed by atoms with Crippen LogP contribution in [0.5, 0.6) is 0 Å². The van der Waals surface area contributed by atoms with Gasteiger partial charge < -0.3 is 19.1 Å². The lowest BCUT2D eigenvalue weighted by Gasteiger charge is -2.44. The van der Waals surface area contributed by atoms with Crippen molar-refractivity contribution in [3.8, 4) is 0 Å². The van der Waals surface area contributed by atoms with Crippen molar-refractivity contribution in [3.05, 3.63) is 0 Å². The van der Waals surface area contributed by atoms with Crippen LogP contribution >= 0.6 is 0 Å². The third kappa shape index (κ3) is 7.93. The maximum Gasteiger partial charge on any atom is 0.225 e. The molecule has 1 aliphatic rings. The largest absolute Gasteiger partial charge is 0.379 e. The van der Waals surface area contributed by atoms with Crippen molar-refractivity contribution in [2.45, 2.75) is 97.3 Å². The van der Waals surface area contributed by atoms with E-state index in [1.807, 2.05) is 4.90 Å². The van der Waals surface area contributed by atoms with Gasteiger partial charge >= 0.3 is 0 Å². The van der Waals surface area contributed by atoms with Crippen LogP contribution in [0.3, 0.4) is 0 Å². The molecule has 0 aromatic carbocycles. The highest BCUT2D eigenvalue weighted by atomic mass is 16.5. The van der Waals surface area contributed by atoms with E-state index in [9.17, 15) is 4.79 Å². The highest BCUT2D eigenvalue weighted by molar-refractivity contribution is 5.78. The number of hydrogen-bond acceptors (Lipinski definition) is 4. The monoisotopic (exact) mass is 371 g/mol. The van der Waals surface area contributed by atoms with Crippen molar-refractivity contribution >= 4 is 5.91 Å². The van der Waals surface area contributed by atoms with E-state index in [1.165, 1.54) is 0 Å². The molecule has 1 heterocycles. The molecule has 0 aromatic heterocycles. The predicted octanol–water partition coefficient (Wildman–Crippen LogP) is 4.18. The Balaban J connectivity index is 2.84. The maximum atomic E-state index is 12.7. The summed E-state index contributed by atoms with van der Waals surface area (Å²) >= 11 is 0. The molecule has 1 fully saturated rings. The maximum absolute atomic E-state index is 12.7. The van der Waals surface area contributed by atoms with Crippen LogP contribution in [0.2, 0.25) is 0 Å².